The molecule has 0 saturated carbocycles. The lowest BCUT2D eigenvalue weighted by molar-refractivity contribution is -0.385. The molecule has 10 heteroatoms. The van der Waals surface area contributed by atoms with E-state index in [1.54, 1.807) is 0 Å². The van der Waals surface area contributed by atoms with Gasteiger partial charge in [-0.25, -0.2) is 10.4 Å². The third-order valence-electron chi connectivity index (χ3n) is 3.34. The molecule has 1 aromatic heterocycles. The van der Waals surface area contributed by atoms with Crippen LogP contribution < -0.4 is 5.43 Å². The number of phenolic OH excluding ortho intramolecular Hbond substituents is 1. The van der Waals surface area contributed by atoms with Crippen molar-refractivity contribution in [1.29, 1.82) is 0 Å². The predicted octanol–water partition coefficient (Wildman–Crippen LogP) is 2.42. The quantitative estimate of drug-likeness (QED) is 0.264. The summed E-state index contributed by atoms with van der Waals surface area (Å²) in [7, 11) is 0. The van der Waals surface area contributed by atoms with Crippen LogP contribution in [0.15, 0.2) is 52.7 Å². The number of hydrazone groups is 1. The Balaban J connectivity index is 1.56. The van der Waals surface area contributed by atoms with Crippen molar-refractivity contribution in [2.75, 3.05) is 5.75 Å². The second-order valence-corrected chi connectivity index (χ2v) is 6.08. The molecule has 0 atom stereocenters. The molecule has 0 unspecified atom stereocenters. The van der Waals surface area contributed by atoms with Crippen LogP contribution in [0.25, 0.3) is 11.0 Å². The molecule has 3 N–H and O–H groups in total. The molecular formula is C16H13N5O4S. The first-order chi connectivity index (χ1) is 12.5. The first-order valence-electron chi connectivity index (χ1n) is 7.40. The molecule has 3 aromatic rings. The number of aromatic amines is 1. The van der Waals surface area contributed by atoms with Gasteiger partial charge in [0, 0.05) is 11.6 Å². The van der Waals surface area contributed by atoms with Gasteiger partial charge in [0.2, 0.25) is 5.75 Å². The summed E-state index contributed by atoms with van der Waals surface area (Å²) in [5.74, 6) is -0.804. The van der Waals surface area contributed by atoms with E-state index in [1.807, 2.05) is 24.3 Å². The molecular weight excluding hydrogens is 358 g/mol. The summed E-state index contributed by atoms with van der Waals surface area (Å²) in [6, 6.07) is 11.6. The van der Waals surface area contributed by atoms with E-state index in [0.29, 0.717) is 5.16 Å². The summed E-state index contributed by atoms with van der Waals surface area (Å²) in [6.07, 6.45) is 1.14. The van der Waals surface area contributed by atoms with Crippen molar-refractivity contribution in [2.45, 2.75) is 5.16 Å². The highest BCUT2D eigenvalue weighted by Gasteiger charge is 2.15. The smallest absolute Gasteiger partial charge is 0.311 e. The molecule has 0 radical (unpaired) electrons. The Hall–Kier alpha value is -3.40. The second kappa shape index (κ2) is 7.66. The zero-order valence-electron chi connectivity index (χ0n) is 13.2. The molecule has 26 heavy (non-hydrogen) atoms. The molecule has 3 rings (SSSR count). The van der Waals surface area contributed by atoms with E-state index in [2.05, 4.69) is 20.5 Å². The number of fused-ring (bicyclic) bond motifs is 1. The molecule has 0 bridgehead atoms. The van der Waals surface area contributed by atoms with Crippen LogP contribution in [0.4, 0.5) is 5.69 Å². The molecule has 0 aliphatic carbocycles. The average molecular weight is 371 g/mol. The van der Waals surface area contributed by atoms with Crippen LogP contribution in [0.2, 0.25) is 0 Å². The van der Waals surface area contributed by atoms with Crippen molar-refractivity contribution < 1.29 is 14.8 Å². The van der Waals surface area contributed by atoms with Crippen LogP contribution in [-0.2, 0) is 4.79 Å². The lowest BCUT2D eigenvalue weighted by atomic mass is 10.2. The molecule has 0 spiro atoms. The van der Waals surface area contributed by atoms with Gasteiger partial charge < -0.3 is 10.1 Å². The second-order valence-electron chi connectivity index (χ2n) is 5.11. The minimum absolute atomic E-state index is 0.0814. The maximum atomic E-state index is 11.8. The van der Waals surface area contributed by atoms with Gasteiger partial charge in [0.05, 0.1) is 27.9 Å². The Kier molecular flexibility index (Phi) is 5.13. The number of phenols is 1. The van der Waals surface area contributed by atoms with Crippen LogP contribution >= 0.6 is 11.8 Å². The molecule has 132 valence electrons. The van der Waals surface area contributed by atoms with Gasteiger partial charge in [0.1, 0.15) is 0 Å². The van der Waals surface area contributed by atoms with Gasteiger partial charge in [-0.1, -0.05) is 30.0 Å². The Labute approximate surface area is 151 Å². The van der Waals surface area contributed by atoms with Crippen LogP contribution in [0.1, 0.15) is 5.56 Å². The molecule has 9 nitrogen and oxygen atoms in total. The van der Waals surface area contributed by atoms with Crippen molar-refractivity contribution in [3.8, 4) is 5.75 Å². The SMILES string of the molecule is O=C(CSc1nc2ccccc2[nH]1)NN=Cc1cccc([N+](=O)[O-])c1O. The van der Waals surface area contributed by atoms with Crippen LogP contribution in [0, 0.1) is 10.1 Å². The lowest BCUT2D eigenvalue weighted by Crippen LogP contribution is -2.19. The van der Waals surface area contributed by atoms with E-state index in [-0.39, 0.29) is 17.2 Å². The maximum Gasteiger partial charge on any atom is 0.311 e. The third-order valence-corrected chi connectivity index (χ3v) is 4.22. The van der Waals surface area contributed by atoms with E-state index >= 15 is 0 Å². The van der Waals surface area contributed by atoms with Gasteiger partial charge >= 0.3 is 5.69 Å². The predicted molar refractivity (Wildman–Crippen MR) is 97.3 cm³/mol. The van der Waals surface area contributed by atoms with E-state index in [9.17, 15) is 20.0 Å². The number of benzene rings is 2. The van der Waals surface area contributed by atoms with Gasteiger partial charge in [-0.05, 0) is 18.2 Å². The number of carbonyl (C=O) groups is 1. The number of H-pyrrole nitrogens is 1. The van der Waals surface area contributed by atoms with E-state index in [1.165, 1.54) is 30.0 Å². The van der Waals surface area contributed by atoms with E-state index < -0.39 is 16.4 Å². The van der Waals surface area contributed by atoms with Gasteiger partial charge in [-0.2, -0.15) is 5.10 Å². The standard InChI is InChI=1S/C16H13N5O4S/c22-14(9-26-16-18-11-5-1-2-6-12(11)19-16)20-17-8-10-4-3-7-13(15(10)23)21(24)25/h1-8,23H,9H2,(H,18,19)(H,20,22). The molecule has 0 aliphatic rings. The third kappa shape index (κ3) is 3.98. The zero-order chi connectivity index (χ0) is 18.5. The minimum atomic E-state index is -0.699. The lowest BCUT2D eigenvalue weighted by Gasteiger charge is -2.00. The largest absolute Gasteiger partial charge is 0.502 e. The average Bonchev–Trinajstić information content (AvgIpc) is 3.04. The fraction of sp³-hybridized carbons (Fsp3) is 0.0625. The van der Waals surface area contributed by atoms with Crippen LogP contribution in [-0.4, -0.2) is 37.9 Å². The Morgan fingerprint density at radius 3 is 2.92 bits per heavy atom. The molecule has 1 heterocycles. The Bertz CT molecular complexity index is 968. The molecule has 0 fully saturated rings. The number of imidazole rings is 1. The van der Waals surface area contributed by atoms with E-state index in [4.69, 9.17) is 0 Å². The molecule has 0 aliphatic heterocycles. The fourth-order valence-electron chi connectivity index (χ4n) is 2.14. The van der Waals surface area contributed by atoms with Gasteiger partial charge in [0.25, 0.3) is 5.91 Å². The number of amides is 1. The number of rotatable bonds is 6. The highest BCUT2D eigenvalue weighted by Crippen LogP contribution is 2.27. The highest BCUT2D eigenvalue weighted by atomic mass is 32.2. The van der Waals surface area contributed by atoms with E-state index in [0.717, 1.165) is 17.2 Å². The fourth-order valence-corrected chi connectivity index (χ4v) is 2.82. The first-order valence-corrected chi connectivity index (χ1v) is 8.39. The van der Waals surface area contributed by atoms with Crippen molar-refractivity contribution in [2.24, 2.45) is 5.10 Å². The van der Waals surface area contributed by atoms with Crippen molar-refractivity contribution >= 4 is 40.6 Å². The van der Waals surface area contributed by atoms with Gasteiger partial charge in [0.15, 0.2) is 5.16 Å². The number of aromatic nitrogens is 2. The molecule has 2 aromatic carbocycles. The Morgan fingerprint density at radius 1 is 1.35 bits per heavy atom. The van der Waals surface area contributed by atoms with Gasteiger partial charge in [-0.15, -0.1) is 0 Å². The highest BCUT2D eigenvalue weighted by molar-refractivity contribution is 7.99. The number of nitro benzene ring substituents is 1. The minimum Gasteiger partial charge on any atom is -0.502 e. The number of nitrogens with one attached hydrogen (secondary N) is 2. The normalized spacial score (nSPS) is 11.1. The topological polar surface area (TPSA) is 134 Å². The number of para-hydroxylation sites is 3. The summed E-state index contributed by atoms with van der Waals surface area (Å²) in [6.45, 7) is 0. The van der Waals surface area contributed by atoms with Gasteiger partial charge in [-0.3, -0.25) is 14.9 Å². The summed E-state index contributed by atoms with van der Waals surface area (Å²) in [4.78, 5) is 29.3. The maximum absolute atomic E-state index is 11.8. The molecule has 1 amide bonds. The number of hydrogen-bond donors (Lipinski definition) is 3. The monoisotopic (exact) mass is 371 g/mol. The van der Waals surface area contributed by atoms with Crippen LogP contribution in [0.3, 0.4) is 0 Å². The summed E-state index contributed by atoms with van der Waals surface area (Å²) in [5.41, 5.74) is 3.70. The number of nitrogens with zero attached hydrogens (tertiary/aromatic N) is 3. The number of hydrogen-bond acceptors (Lipinski definition) is 7. The molecule has 0 saturated heterocycles. The van der Waals surface area contributed by atoms with Crippen LogP contribution in [0.5, 0.6) is 5.75 Å². The zero-order valence-corrected chi connectivity index (χ0v) is 14.1. The number of aromatic hydroxyl groups is 1. The summed E-state index contributed by atoms with van der Waals surface area (Å²) in [5, 5.41) is 24.9. The summed E-state index contributed by atoms with van der Waals surface area (Å²) >= 11 is 1.22. The van der Waals surface area contributed by atoms with Crippen molar-refractivity contribution in [1.82, 2.24) is 15.4 Å². The number of thioether (sulfide) groups is 1. The Morgan fingerprint density at radius 2 is 2.15 bits per heavy atom. The number of carbonyl (C=O) groups excluding carboxylic acids is 1. The number of nitro groups is 1. The summed E-state index contributed by atoms with van der Waals surface area (Å²) < 4.78 is 0. The van der Waals surface area contributed by atoms with Crippen molar-refractivity contribution in [3.05, 3.63) is 58.1 Å². The van der Waals surface area contributed by atoms with Crippen molar-refractivity contribution in [3.63, 3.8) is 0 Å². The first kappa shape index (κ1) is 17.4.